The molecule has 2 N–H and O–H groups in total. The van der Waals surface area contributed by atoms with Crippen molar-refractivity contribution in [2.24, 2.45) is 0 Å². The molecule has 132 valence electrons. The molecule has 3 rings (SSSR count). The minimum Gasteiger partial charge on any atom is -0.390 e. The fourth-order valence-corrected chi connectivity index (χ4v) is 3.10. The van der Waals surface area contributed by atoms with Crippen molar-refractivity contribution in [2.75, 3.05) is 13.2 Å². The zero-order valence-electron chi connectivity index (χ0n) is 12.9. The quantitative estimate of drug-likeness (QED) is 0.751. The number of aromatic nitrogens is 2. The van der Waals surface area contributed by atoms with Crippen LogP contribution in [0.3, 0.4) is 0 Å². The summed E-state index contributed by atoms with van der Waals surface area (Å²) in [4.78, 5) is 27.5. The molecule has 0 radical (unpaired) electrons. The highest BCUT2D eigenvalue weighted by molar-refractivity contribution is 9.11. The van der Waals surface area contributed by atoms with E-state index in [0.717, 1.165) is 12.8 Å². The van der Waals surface area contributed by atoms with Crippen molar-refractivity contribution < 1.29 is 19.3 Å². The van der Waals surface area contributed by atoms with Crippen molar-refractivity contribution in [1.82, 2.24) is 9.55 Å². The number of halogens is 1. The van der Waals surface area contributed by atoms with Gasteiger partial charge in [0, 0.05) is 25.6 Å². The van der Waals surface area contributed by atoms with Crippen LogP contribution in [0, 0.1) is 0 Å². The molecule has 1 aromatic rings. The van der Waals surface area contributed by atoms with Gasteiger partial charge in [-0.15, -0.1) is 0 Å². The van der Waals surface area contributed by atoms with Gasteiger partial charge in [0.05, 0.1) is 18.3 Å². The summed E-state index contributed by atoms with van der Waals surface area (Å²) in [6.45, 7) is 0.868. The lowest BCUT2D eigenvalue weighted by Crippen LogP contribution is -2.33. The molecule has 2 aliphatic heterocycles. The van der Waals surface area contributed by atoms with Crippen molar-refractivity contribution in [3.63, 3.8) is 0 Å². The maximum atomic E-state index is 12.0. The smallest absolute Gasteiger partial charge is 0.330 e. The second-order valence-electron chi connectivity index (χ2n) is 5.75. The SMILES string of the molecule is O=c1[nH]c(=O)n([C@H]2C[C@H](O)[C@@H](COC3CCCO3)O2)cc1/C=C/Br. The molecule has 0 aromatic carbocycles. The first-order valence-corrected chi connectivity index (χ1v) is 8.69. The van der Waals surface area contributed by atoms with Crippen LogP contribution in [-0.4, -0.2) is 46.4 Å². The van der Waals surface area contributed by atoms with Crippen molar-refractivity contribution in [1.29, 1.82) is 0 Å². The van der Waals surface area contributed by atoms with Crippen molar-refractivity contribution in [3.05, 3.63) is 37.6 Å². The van der Waals surface area contributed by atoms with Crippen molar-refractivity contribution in [2.45, 2.75) is 44.0 Å². The topological polar surface area (TPSA) is 103 Å². The average molecular weight is 403 g/mol. The van der Waals surface area contributed by atoms with Gasteiger partial charge in [-0.05, 0) is 17.5 Å². The highest BCUT2D eigenvalue weighted by Crippen LogP contribution is 2.28. The number of aromatic amines is 1. The molecule has 2 saturated heterocycles. The normalized spacial score (nSPS) is 30.4. The number of rotatable bonds is 5. The standard InChI is InChI=1S/C15H19BrN2O6/c16-4-3-9-7-18(15(21)17-14(9)20)12-6-10(19)11(24-12)8-23-13-2-1-5-22-13/h3-4,7,10-13,19H,1-2,5-6,8H2,(H,17,20,21)/b4-3+/t10-,11+,12+,13?/m0/s1. The third-order valence-electron chi connectivity index (χ3n) is 4.09. The lowest BCUT2D eigenvalue weighted by atomic mass is 10.2. The predicted octanol–water partition coefficient (Wildman–Crippen LogP) is 0.704. The first-order valence-electron chi connectivity index (χ1n) is 7.77. The number of aliphatic hydroxyl groups excluding tert-OH is 1. The molecule has 0 spiro atoms. The summed E-state index contributed by atoms with van der Waals surface area (Å²) in [5, 5.41) is 10.2. The third-order valence-corrected chi connectivity index (χ3v) is 4.35. The molecule has 24 heavy (non-hydrogen) atoms. The van der Waals surface area contributed by atoms with Gasteiger partial charge in [-0.1, -0.05) is 15.9 Å². The first kappa shape index (κ1) is 17.6. The lowest BCUT2D eigenvalue weighted by Gasteiger charge is -2.18. The van der Waals surface area contributed by atoms with Crippen LogP contribution in [-0.2, 0) is 14.2 Å². The van der Waals surface area contributed by atoms with Crippen LogP contribution in [0.5, 0.6) is 0 Å². The number of nitrogens with one attached hydrogen (secondary N) is 1. The molecule has 0 aliphatic carbocycles. The van der Waals surface area contributed by atoms with E-state index >= 15 is 0 Å². The summed E-state index contributed by atoms with van der Waals surface area (Å²) < 4.78 is 18.0. The second-order valence-corrected chi connectivity index (χ2v) is 6.28. The van der Waals surface area contributed by atoms with E-state index in [4.69, 9.17) is 14.2 Å². The Kier molecular flexibility index (Phi) is 5.67. The van der Waals surface area contributed by atoms with Gasteiger partial charge >= 0.3 is 5.69 Å². The van der Waals surface area contributed by atoms with Gasteiger partial charge in [0.15, 0.2) is 6.29 Å². The summed E-state index contributed by atoms with van der Waals surface area (Å²) in [5.74, 6) is 0. The molecule has 3 heterocycles. The van der Waals surface area contributed by atoms with Crippen molar-refractivity contribution >= 4 is 22.0 Å². The Bertz CT molecular complexity index is 709. The molecule has 8 nitrogen and oxygen atoms in total. The summed E-state index contributed by atoms with van der Waals surface area (Å²) in [7, 11) is 0. The highest BCUT2D eigenvalue weighted by Gasteiger charge is 2.36. The van der Waals surface area contributed by atoms with E-state index in [1.165, 1.54) is 21.8 Å². The number of H-pyrrole nitrogens is 1. The number of hydrogen-bond acceptors (Lipinski definition) is 6. The summed E-state index contributed by atoms with van der Waals surface area (Å²) in [6.07, 6.45) is 2.74. The van der Waals surface area contributed by atoms with Gasteiger partial charge < -0.3 is 19.3 Å². The fourth-order valence-electron chi connectivity index (χ4n) is 2.82. The number of ether oxygens (including phenoxy) is 3. The average Bonchev–Trinajstić information content (AvgIpc) is 3.18. The molecular formula is C15H19BrN2O6. The van der Waals surface area contributed by atoms with Gasteiger partial charge in [0.2, 0.25) is 0 Å². The van der Waals surface area contributed by atoms with Crippen LogP contribution < -0.4 is 11.2 Å². The molecule has 0 bridgehead atoms. The Balaban J connectivity index is 1.70. The van der Waals surface area contributed by atoms with Crippen LogP contribution in [0.1, 0.15) is 31.1 Å². The summed E-state index contributed by atoms with van der Waals surface area (Å²) in [5.41, 5.74) is -0.753. The molecule has 0 amide bonds. The van der Waals surface area contributed by atoms with E-state index in [1.807, 2.05) is 0 Å². The maximum absolute atomic E-state index is 12.0. The Morgan fingerprint density at radius 3 is 3.04 bits per heavy atom. The summed E-state index contributed by atoms with van der Waals surface area (Å²) >= 11 is 3.10. The van der Waals surface area contributed by atoms with E-state index in [2.05, 4.69) is 20.9 Å². The fraction of sp³-hybridized carbons (Fsp3) is 0.600. The Morgan fingerprint density at radius 2 is 2.33 bits per heavy atom. The Labute approximate surface area is 146 Å². The van der Waals surface area contributed by atoms with Crippen molar-refractivity contribution in [3.8, 4) is 0 Å². The summed E-state index contributed by atoms with van der Waals surface area (Å²) in [6, 6.07) is 0. The van der Waals surface area contributed by atoms with Gasteiger partial charge in [0.25, 0.3) is 5.56 Å². The zero-order valence-corrected chi connectivity index (χ0v) is 14.5. The monoisotopic (exact) mass is 402 g/mol. The van der Waals surface area contributed by atoms with Crippen LogP contribution in [0.15, 0.2) is 20.8 Å². The van der Waals surface area contributed by atoms with Crippen LogP contribution >= 0.6 is 15.9 Å². The van der Waals surface area contributed by atoms with E-state index in [-0.39, 0.29) is 19.3 Å². The largest absolute Gasteiger partial charge is 0.390 e. The molecule has 2 aliphatic rings. The first-order chi connectivity index (χ1) is 11.6. The molecule has 1 aromatic heterocycles. The molecular weight excluding hydrogens is 384 g/mol. The van der Waals surface area contributed by atoms with E-state index in [9.17, 15) is 14.7 Å². The molecule has 9 heteroatoms. The van der Waals surface area contributed by atoms with Crippen LogP contribution in [0.4, 0.5) is 0 Å². The number of hydrogen-bond donors (Lipinski definition) is 2. The minimum absolute atomic E-state index is 0.189. The number of nitrogens with zero attached hydrogens (tertiary/aromatic N) is 1. The van der Waals surface area contributed by atoms with Gasteiger partial charge in [0.1, 0.15) is 12.3 Å². The van der Waals surface area contributed by atoms with Gasteiger partial charge in [-0.3, -0.25) is 14.3 Å². The van der Waals surface area contributed by atoms with E-state index in [1.54, 1.807) is 0 Å². The molecule has 1 unspecified atom stereocenters. The predicted molar refractivity (Wildman–Crippen MR) is 88.7 cm³/mol. The molecule has 4 atom stereocenters. The lowest BCUT2D eigenvalue weighted by molar-refractivity contribution is -0.149. The molecule has 0 saturated carbocycles. The second kappa shape index (κ2) is 7.75. The van der Waals surface area contributed by atoms with Crippen LogP contribution in [0.25, 0.3) is 6.08 Å². The highest BCUT2D eigenvalue weighted by atomic mass is 79.9. The van der Waals surface area contributed by atoms with E-state index in [0.29, 0.717) is 12.2 Å². The Hall–Kier alpha value is -1.26. The van der Waals surface area contributed by atoms with E-state index < -0.39 is 29.7 Å². The van der Waals surface area contributed by atoms with Gasteiger partial charge in [-0.25, -0.2) is 4.79 Å². The maximum Gasteiger partial charge on any atom is 0.330 e. The van der Waals surface area contributed by atoms with Gasteiger partial charge in [-0.2, -0.15) is 0 Å². The third kappa shape index (κ3) is 3.86. The molecule has 2 fully saturated rings. The minimum atomic E-state index is -0.759. The van der Waals surface area contributed by atoms with Crippen LogP contribution in [0.2, 0.25) is 0 Å². The Morgan fingerprint density at radius 1 is 1.50 bits per heavy atom. The number of aliphatic hydroxyl groups is 1. The zero-order chi connectivity index (χ0) is 17.1.